The summed E-state index contributed by atoms with van der Waals surface area (Å²) in [6.45, 7) is 0.784. The fourth-order valence-corrected chi connectivity index (χ4v) is 4.19. The Morgan fingerprint density at radius 2 is 1.74 bits per heavy atom. The third kappa shape index (κ3) is 3.87. The summed E-state index contributed by atoms with van der Waals surface area (Å²) in [5, 5.41) is 0. The summed E-state index contributed by atoms with van der Waals surface area (Å²) in [6, 6.07) is 15.7. The van der Waals surface area contributed by atoms with E-state index in [2.05, 4.69) is 12.1 Å². The predicted molar refractivity (Wildman–Crippen MR) is 97.2 cm³/mol. The Balaban J connectivity index is 1.40. The summed E-state index contributed by atoms with van der Waals surface area (Å²) in [5.74, 6) is 0.134. The fourth-order valence-electron chi connectivity index (χ4n) is 4.19. The lowest BCUT2D eigenvalue weighted by Crippen LogP contribution is -2.38. The van der Waals surface area contributed by atoms with Crippen LogP contribution in [0.3, 0.4) is 0 Å². The van der Waals surface area contributed by atoms with Crippen LogP contribution in [-0.4, -0.2) is 23.4 Å². The fraction of sp³-hybridized carbons (Fsp3) is 0.409. The Hall–Kier alpha value is -2.30. The summed E-state index contributed by atoms with van der Waals surface area (Å²) in [7, 11) is 0. The number of carbonyl (C=O) groups is 1. The molecule has 1 heterocycles. The van der Waals surface area contributed by atoms with E-state index in [4.69, 9.17) is 0 Å². The normalized spacial score (nSPS) is 24.9. The van der Waals surface area contributed by atoms with Crippen LogP contribution < -0.4 is 0 Å². The molecule has 2 fully saturated rings. The van der Waals surface area contributed by atoms with Crippen LogP contribution in [0.15, 0.2) is 54.6 Å². The van der Waals surface area contributed by atoms with Gasteiger partial charge in [0.25, 0.3) is 0 Å². The summed E-state index contributed by atoms with van der Waals surface area (Å²) >= 11 is 0. The molecule has 27 heavy (non-hydrogen) atoms. The third-order valence-electron chi connectivity index (χ3n) is 5.75. The number of hydrogen-bond donors (Lipinski definition) is 0. The van der Waals surface area contributed by atoms with Crippen LogP contribution in [0.5, 0.6) is 0 Å². The number of benzene rings is 2. The van der Waals surface area contributed by atoms with Crippen molar-refractivity contribution in [1.82, 2.24) is 4.90 Å². The zero-order chi connectivity index (χ0) is 19.0. The monoisotopic (exact) mass is 373 g/mol. The molecule has 2 aliphatic rings. The molecule has 1 saturated carbocycles. The minimum absolute atomic E-state index is 0.0535. The maximum atomic E-state index is 13.0. The van der Waals surface area contributed by atoms with Gasteiger partial charge in [0, 0.05) is 18.5 Å². The molecule has 1 aliphatic heterocycles. The van der Waals surface area contributed by atoms with Gasteiger partial charge in [-0.15, -0.1) is 0 Å². The van der Waals surface area contributed by atoms with Gasteiger partial charge >= 0.3 is 6.18 Å². The first-order valence-electron chi connectivity index (χ1n) is 9.45. The van der Waals surface area contributed by atoms with Gasteiger partial charge in [-0.2, -0.15) is 13.2 Å². The standard InChI is InChI=1S/C22H22F3NO/c23-22(24,25)17-10-8-16(9-11-17)19-14-20(19)21(27)26-12-4-7-18(26)13-15-5-2-1-3-6-15/h1-3,5-6,8-11,18-20H,4,7,12-14H2. The van der Waals surface area contributed by atoms with E-state index in [9.17, 15) is 18.0 Å². The van der Waals surface area contributed by atoms with Gasteiger partial charge in [0.15, 0.2) is 0 Å². The highest BCUT2D eigenvalue weighted by atomic mass is 19.4. The molecule has 0 bridgehead atoms. The first-order valence-corrected chi connectivity index (χ1v) is 9.45. The molecule has 0 spiro atoms. The molecule has 0 aromatic heterocycles. The van der Waals surface area contributed by atoms with Crippen molar-refractivity contribution in [3.8, 4) is 0 Å². The Bertz CT molecular complexity index is 801. The number of rotatable bonds is 4. The molecule has 2 aromatic carbocycles. The van der Waals surface area contributed by atoms with Gasteiger partial charge in [0.2, 0.25) is 5.91 Å². The SMILES string of the molecule is O=C(C1CC1c1ccc(C(F)(F)F)cc1)N1CCCC1Cc1ccccc1. The average Bonchev–Trinajstić information content (AvgIpc) is 3.33. The first-order chi connectivity index (χ1) is 12.9. The topological polar surface area (TPSA) is 20.3 Å². The zero-order valence-corrected chi connectivity index (χ0v) is 15.0. The molecule has 3 unspecified atom stereocenters. The number of hydrogen-bond acceptors (Lipinski definition) is 1. The Morgan fingerprint density at radius 1 is 1.04 bits per heavy atom. The van der Waals surface area contributed by atoms with E-state index in [1.54, 1.807) is 0 Å². The quantitative estimate of drug-likeness (QED) is 0.735. The Kier molecular flexibility index (Phi) is 4.70. The van der Waals surface area contributed by atoms with Crippen molar-refractivity contribution in [2.45, 2.75) is 43.8 Å². The molecule has 5 heteroatoms. The van der Waals surface area contributed by atoms with E-state index in [0.29, 0.717) is 0 Å². The van der Waals surface area contributed by atoms with E-state index in [1.165, 1.54) is 17.7 Å². The van der Waals surface area contributed by atoms with Gasteiger partial charge < -0.3 is 4.90 Å². The van der Waals surface area contributed by atoms with Crippen LogP contribution >= 0.6 is 0 Å². The van der Waals surface area contributed by atoms with Gasteiger partial charge in [-0.3, -0.25) is 4.79 Å². The van der Waals surface area contributed by atoms with Crippen LogP contribution in [-0.2, 0) is 17.4 Å². The lowest BCUT2D eigenvalue weighted by molar-refractivity contribution is -0.137. The molecule has 0 N–H and O–H groups in total. The van der Waals surface area contributed by atoms with Crippen LogP contribution in [0, 0.1) is 5.92 Å². The van der Waals surface area contributed by atoms with Crippen LogP contribution in [0.4, 0.5) is 13.2 Å². The van der Waals surface area contributed by atoms with Crippen LogP contribution in [0.2, 0.25) is 0 Å². The molecular weight excluding hydrogens is 351 g/mol. The average molecular weight is 373 g/mol. The Labute approximate surface area is 157 Å². The van der Waals surface area contributed by atoms with E-state index in [1.807, 2.05) is 23.1 Å². The van der Waals surface area contributed by atoms with Crippen molar-refractivity contribution in [3.05, 3.63) is 71.3 Å². The van der Waals surface area contributed by atoms with E-state index in [0.717, 1.165) is 49.9 Å². The molecule has 1 saturated heterocycles. The second kappa shape index (κ2) is 7.02. The lowest BCUT2D eigenvalue weighted by Gasteiger charge is -2.25. The number of likely N-dealkylation sites (tertiary alicyclic amines) is 1. The summed E-state index contributed by atoms with van der Waals surface area (Å²) in [6.07, 6.45) is -0.695. The number of alkyl halides is 3. The number of nitrogens with zero attached hydrogens (tertiary/aromatic N) is 1. The molecule has 0 radical (unpaired) electrons. The van der Waals surface area contributed by atoms with Crippen LogP contribution in [0.25, 0.3) is 0 Å². The van der Waals surface area contributed by atoms with Crippen molar-refractivity contribution in [2.24, 2.45) is 5.92 Å². The van der Waals surface area contributed by atoms with Crippen molar-refractivity contribution >= 4 is 5.91 Å². The first kappa shape index (κ1) is 18.1. The van der Waals surface area contributed by atoms with Gasteiger partial charge in [-0.25, -0.2) is 0 Å². The molecule has 2 nitrogen and oxygen atoms in total. The van der Waals surface area contributed by atoms with Gasteiger partial charge in [-0.1, -0.05) is 42.5 Å². The van der Waals surface area contributed by atoms with E-state index in [-0.39, 0.29) is 23.8 Å². The highest BCUT2D eigenvalue weighted by Gasteiger charge is 2.47. The lowest BCUT2D eigenvalue weighted by atomic mass is 10.0. The largest absolute Gasteiger partial charge is 0.416 e. The summed E-state index contributed by atoms with van der Waals surface area (Å²) in [4.78, 5) is 15.0. The van der Waals surface area contributed by atoms with Crippen molar-refractivity contribution in [2.75, 3.05) is 6.54 Å². The van der Waals surface area contributed by atoms with Crippen molar-refractivity contribution in [3.63, 3.8) is 0 Å². The highest BCUT2D eigenvalue weighted by molar-refractivity contribution is 5.83. The number of halogens is 3. The molecule has 4 rings (SSSR count). The summed E-state index contributed by atoms with van der Waals surface area (Å²) < 4.78 is 38.1. The maximum Gasteiger partial charge on any atom is 0.416 e. The second-order valence-corrected chi connectivity index (χ2v) is 7.59. The van der Waals surface area contributed by atoms with E-state index >= 15 is 0 Å². The minimum Gasteiger partial charge on any atom is -0.339 e. The zero-order valence-electron chi connectivity index (χ0n) is 15.0. The van der Waals surface area contributed by atoms with Crippen LogP contribution in [0.1, 0.15) is 41.9 Å². The van der Waals surface area contributed by atoms with E-state index < -0.39 is 11.7 Å². The van der Waals surface area contributed by atoms with Crippen molar-refractivity contribution < 1.29 is 18.0 Å². The van der Waals surface area contributed by atoms with Gasteiger partial charge in [0.1, 0.15) is 0 Å². The summed E-state index contributed by atoms with van der Waals surface area (Å²) in [5.41, 5.74) is 1.43. The molecule has 1 amide bonds. The minimum atomic E-state index is -4.32. The third-order valence-corrected chi connectivity index (χ3v) is 5.75. The predicted octanol–water partition coefficient (Wildman–Crippen LogP) is 5.04. The molecule has 142 valence electrons. The maximum absolute atomic E-state index is 13.0. The number of amides is 1. The highest BCUT2D eigenvalue weighted by Crippen LogP contribution is 2.49. The number of carbonyl (C=O) groups excluding carboxylic acids is 1. The molecular formula is C22H22F3NO. The molecule has 1 aliphatic carbocycles. The molecule has 3 atom stereocenters. The van der Waals surface area contributed by atoms with Gasteiger partial charge in [-0.05, 0) is 54.9 Å². The van der Waals surface area contributed by atoms with Gasteiger partial charge in [0.05, 0.1) is 5.56 Å². The van der Waals surface area contributed by atoms with Crippen molar-refractivity contribution in [1.29, 1.82) is 0 Å². The molecule has 2 aromatic rings. The Morgan fingerprint density at radius 3 is 2.41 bits per heavy atom. The smallest absolute Gasteiger partial charge is 0.339 e. The second-order valence-electron chi connectivity index (χ2n) is 7.59.